The molecular formula is C16H17BrN4O3. The third-order valence-electron chi connectivity index (χ3n) is 4.23. The first kappa shape index (κ1) is 16.6. The number of carbonyl (C=O) groups is 2. The van der Waals surface area contributed by atoms with E-state index in [2.05, 4.69) is 26.1 Å². The summed E-state index contributed by atoms with van der Waals surface area (Å²) >= 11 is 3.46. The number of hydrogen-bond donors (Lipinski definition) is 1. The minimum atomic E-state index is -1.01. The second-order valence-corrected chi connectivity index (χ2v) is 6.60. The van der Waals surface area contributed by atoms with Crippen LogP contribution in [0.1, 0.15) is 23.6 Å². The predicted octanol–water partition coefficient (Wildman–Crippen LogP) is 1.78. The molecule has 0 bridgehead atoms. The predicted molar refractivity (Wildman–Crippen MR) is 89.2 cm³/mol. The molecule has 0 radical (unpaired) electrons. The van der Waals surface area contributed by atoms with Crippen molar-refractivity contribution in [3.63, 3.8) is 0 Å². The van der Waals surface area contributed by atoms with E-state index in [1.807, 2.05) is 24.3 Å². The van der Waals surface area contributed by atoms with Crippen molar-refractivity contribution in [3.8, 4) is 0 Å². The van der Waals surface area contributed by atoms with Gasteiger partial charge in [0.05, 0.1) is 13.1 Å². The Hall–Kier alpha value is -2.22. The normalized spacial score (nSPS) is 16.8. The summed E-state index contributed by atoms with van der Waals surface area (Å²) in [6.45, 7) is 2.14. The zero-order valence-corrected chi connectivity index (χ0v) is 14.7. The maximum Gasteiger partial charge on any atom is 0.328 e. The van der Waals surface area contributed by atoms with Gasteiger partial charge in [0.1, 0.15) is 11.9 Å². The van der Waals surface area contributed by atoms with E-state index in [-0.39, 0.29) is 25.4 Å². The molecule has 1 aromatic carbocycles. The molecule has 1 amide bonds. The molecule has 3 rings (SSSR count). The molecule has 1 N–H and O–H groups in total. The average molecular weight is 393 g/mol. The first-order valence-corrected chi connectivity index (χ1v) is 8.41. The first-order chi connectivity index (χ1) is 11.5. The maximum absolute atomic E-state index is 12.6. The van der Waals surface area contributed by atoms with Crippen molar-refractivity contribution >= 4 is 27.8 Å². The quantitative estimate of drug-likeness (QED) is 0.856. The lowest BCUT2D eigenvalue weighted by Gasteiger charge is -2.33. The molecule has 126 valence electrons. The zero-order valence-electron chi connectivity index (χ0n) is 13.1. The molecule has 2 aromatic rings. The lowest BCUT2D eigenvalue weighted by Crippen LogP contribution is -2.50. The molecular weight excluding hydrogens is 376 g/mol. The molecule has 0 saturated heterocycles. The summed E-state index contributed by atoms with van der Waals surface area (Å²) < 4.78 is 2.71. The molecule has 24 heavy (non-hydrogen) atoms. The van der Waals surface area contributed by atoms with Crippen molar-refractivity contribution in [2.75, 3.05) is 0 Å². The van der Waals surface area contributed by atoms with Gasteiger partial charge in [-0.2, -0.15) is 0 Å². The van der Waals surface area contributed by atoms with E-state index in [1.165, 1.54) is 4.90 Å². The lowest BCUT2D eigenvalue weighted by molar-refractivity contribution is -0.152. The number of aryl methyl sites for hydroxylation is 2. The highest BCUT2D eigenvalue weighted by Gasteiger charge is 2.36. The third-order valence-corrected chi connectivity index (χ3v) is 5.00. The topological polar surface area (TPSA) is 88.3 Å². The number of benzene rings is 1. The number of aliphatic carboxylic acids is 1. The van der Waals surface area contributed by atoms with Crippen LogP contribution in [0.15, 0.2) is 28.7 Å². The van der Waals surface area contributed by atoms with Crippen molar-refractivity contribution in [2.24, 2.45) is 0 Å². The van der Waals surface area contributed by atoms with Gasteiger partial charge in [0, 0.05) is 10.9 Å². The van der Waals surface area contributed by atoms with Gasteiger partial charge < -0.3 is 14.6 Å². The molecule has 1 aliphatic rings. The van der Waals surface area contributed by atoms with Gasteiger partial charge in [-0.3, -0.25) is 4.79 Å². The van der Waals surface area contributed by atoms with Gasteiger partial charge in [-0.05, 0) is 25.0 Å². The Bertz CT molecular complexity index is 789. The second kappa shape index (κ2) is 6.72. The van der Waals surface area contributed by atoms with E-state index in [0.717, 1.165) is 10.0 Å². The number of carboxylic acids is 1. The number of carboxylic acid groups (broad SMARTS) is 1. The molecule has 1 atom stereocenters. The van der Waals surface area contributed by atoms with Crippen LogP contribution in [0.4, 0.5) is 0 Å². The number of nitrogens with zero attached hydrogens (tertiary/aromatic N) is 4. The van der Waals surface area contributed by atoms with Crippen molar-refractivity contribution in [3.05, 3.63) is 46.0 Å². The largest absolute Gasteiger partial charge is 0.480 e. The standard InChI is InChI=1S/C16H17BrN4O3/c1-10-18-19-14-9-21(13(16(23)24)8-20(10)14)15(22)7-6-11-4-2-3-5-12(11)17/h2-5,13H,6-9H2,1H3,(H,23,24). The van der Waals surface area contributed by atoms with E-state index >= 15 is 0 Å². The number of rotatable bonds is 4. The van der Waals surface area contributed by atoms with Crippen LogP contribution in [0.25, 0.3) is 0 Å². The summed E-state index contributed by atoms with van der Waals surface area (Å²) in [5.41, 5.74) is 1.02. The SMILES string of the molecule is Cc1nnc2n1CC(C(=O)O)N(C(=O)CCc1ccccc1Br)C2. The molecule has 1 aliphatic heterocycles. The summed E-state index contributed by atoms with van der Waals surface area (Å²) in [7, 11) is 0. The molecule has 1 unspecified atom stereocenters. The van der Waals surface area contributed by atoms with Gasteiger partial charge in [-0.1, -0.05) is 34.1 Å². The van der Waals surface area contributed by atoms with Gasteiger partial charge in [0.15, 0.2) is 5.82 Å². The van der Waals surface area contributed by atoms with Gasteiger partial charge in [-0.25, -0.2) is 4.79 Å². The summed E-state index contributed by atoms with van der Waals surface area (Å²) in [5.74, 6) is 0.0869. The average Bonchev–Trinajstić information content (AvgIpc) is 2.93. The minimum absolute atomic E-state index is 0.173. The van der Waals surface area contributed by atoms with E-state index in [1.54, 1.807) is 11.5 Å². The molecule has 0 aliphatic carbocycles. The van der Waals surface area contributed by atoms with E-state index in [9.17, 15) is 14.7 Å². The number of halogens is 1. The molecule has 2 heterocycles. The summed E-state index contributed by atoms with van der Waals surface area (Å²) in [6.07, 6.45) is 0.800. The Labute approximate surface area is 147 Å². The van der Waals surface area contributed by atoms with Crippen molar-refractivity contribution in [1.29, 1.82) is 0 Å². The molecule has 1 aromatic heterocycles. The van der Waals surface area contributed by atoms with Crippen LogP contribution in [0.5, 0.6) is 0 Å². The smallest absolute Gasteiger partial charge is 0.328 e. The fraction of sp³-hybridized carbons (Fsp3) is 0.375. The maximum atomic E-state index is 12.6. The second-order valence-electron chi connectivity index (χ2n) is 5.74. The monoisotopic (exact) mass is 392 g/mol. The highest BCUT2D eigenvalue weighted by molar-refractivity contribution is 9.10. The Morgan fingerprint density at radius 2 is 2.08 bits per heavy atom. The molecule has 8 heteroatoms. The van der Waals surface area contributed by atoms with E-state index in [4.69, 9.17) is 0 Å². The van der Waals surface area contributed by atoms with Crippen molar-refractivity contribution in [1.82, 2.24) is 19.7 Å². The van der Waals surface area contributed by atoms with Crippen LogP contribution in [0.2, 0.25) is 0 Å². The highest BCUT2D eigenvalue weighted by atomic mass is 79.9. The Balaban J connectivity index is 1.75. The number of hydrogen-bond acceptors (Lipinski definition) is 4. The Morgan fingerprint density at radius 3 is 2.79 bits per heavy atom. The van der Waals surface area contributed by atoms with Gasteiger partial charge >= 0.3 is 5.97 Å². The van der Waals surface area contributed by atoms with Crippen LogP contribution >= 0.6 is 15.9 Å². The molecule has 0 fully saturated rings. The van der Waals surface area contributed by atoms with Crippen molar-refractivity contribution in [2.45, 2.75) is 38.9 Å². The summed E-state index contributed by atoms with van der Waals surface area (Å²) in [6, 6.07) is 6.81. The minimum Gasteiger partial charge on any atom is -0.480 e. The fourth-order valence-electron chi connectivity index (χ4n) is 2.87. The third kappa shape index (κ3) is 3.19. The summed E-state index contributed by atoms with van der Waals surface area (Å²) in [5, 5.41) is 17.5. The molecule has 0 spiro atoms. The van der Waals surface area contributed by atoms with Gasteiger partial charge in [0.25, 0.3) is 0 Å². The Morgan fingerprint density at radius 1 is 1.33 bits per heavy atom. The zero-order chi connectivity index (χ0) is 17.3. The van der Waals surface area contributed by atoms with Crippen molar-refractivity contribution < 1.29 is 14.7 Å². The lowest BCUT2D eigenvalue weighted by atomic mass is 10.1. The van der Waals surface area contributed by atoms with Crippen LogP contribution in [-0.4, -0.2) is 42.7 Å². The first-order valence-electron chi connectivity index (χ1n) is 7.61. The van der Waals surface area contributed by atoms with Crippen LogP contribution < -0.4 is 0 Å². The number of carbonyl (C=O) groups excluding carboxylic acids is 1. The van der Waals surface area contributed by atoms with Gasteiger partial charge in [0.2, 0.25) is 5.91 Å². The number of amides is 1. The van der Waals surface area contributed by atoms with E-state index in [0.29, 0.717) is 18.1 Å². The van der Waals surface area contributed by atoms with E-state index < -0.39 is 12.0 Å². The van der Waals surface area contributed by atoms with Crippen LogP contribution in [-0.2, 0) is 29.1 Å². The van der Waals surface area contributed by atoms with Gasteiger partial charge in [-0.15, -0.1) is 10.2 Å². The van der Waals surface area contributed by atoms with Crippen LogP contribution in [0, 0.1) is 6.92 Å². The molecule has 0 saturated carbocycles. The van der Waals surface area contributed by atoms with Crippen LogP contribution in [0.3, 0.4) is 0 Å². The highest BCUT2D eigenvalue weighted by Crippen LogP contribution is 2.21. The molecule has 7 nitrogen and oxygen atoms in total. The number of fused-ring (bicyclic) bond motifs is 1. The number of aromatic nitrogens is 3. The fourth-order valence-corrected chi connectivity index (χ4v) is 3.36. The Kier molecular flexibility index (Phi) is 4.66. The summed E-state index contributed by atoms with van der Waals surface area (Å²) in [4.78, 5) is 25.6.